The van der Waals surface area contributed by atoms with E-state index in [4.69, 9.17) is 32.7 Å². The van der Waals surface area contributed by atoms with Crippen LogP contribution in [0, 0.1) is 0 Å². The molecular weight excluding hydrogens is 405 g/mol. The van der Waals surface area contributed by atoms with Crippen molar-refractivity contribution in [3.05, 3.63) is 75.8 Å². The van der Waals surface area contributed by atoms with E-state index in [0.717, 1.165) is 57.0 Å². The minimum Gasteiger partial charge on any atom is -0.489 e. The molecule has 1 saturated heterocycles. The highest BCUT2D eigenvalue weighted by atomic mass is 35.5. The Morgan fingerprint density at radius 1 is 0.966 bits per heavy atom. The topological polar surface area (TPSA) is 21.7 Å². The van der Waals surface area contributed by atoms with Crippen LogP contribution >= 0.6 is 23.2 Å². The van der Waals surface area contributed by atoms with Crippen molar-refractivity contribution < 1.29 is 9.47 Å². The van der Waals surface area contributed by atoms with Gasteiger partial charge in [0.1, 0.15) is 12.4 Å². The van der Waals surface area contributed by atoms with Crippen molar-refractivity contribution in [3.8, 4) is 5.75 Å². The Bertz CT molecular complexity index is 970. The van der Waals surface area contributed by atoms with Crippen LogP contribution in [0.4, 0.5) is 0 Å². The zero-order chi connectivity index (χ0) is 20.1. The zero-order valence-electron chi connectivity index (χ0n) is 16.4. The molecule has 152 valence electrons. The number of halogens is 2. The Morgan fingerprint density at radius 3 is 2.62 bits per heavy atom. The third kappa shape index (κ3) is 5.23. The third-order valence-corrected chi connectivity index (χ3v) is 5.99. The van der Waals surface area contributed by atoms with Gasteiger partial charge in [-0.3, -0.25) is 4.90 Å². The van der Waals surface area contributed by atoms with Crippen molar-refractivity contribution in [2.45, 2.75) is 19.4 Å². The number of rotatable bonds is 7. The van der Waals surface area contributed by atoms with Crippen molar-refractivity contribution in [1.82, 2.24) is 4.90 Å². The van der Waals surface area contributed by atoms with E-state index < -0.39 is 0 Å². The quantitative estimate of drug-likeness (QED) is 0.460. The molecule has 29 heavy (non-hydrogen) atoms. The molecule has 0 N–H and O–H groups in total. The third-order valence-electron chi connectivity index (χ3n) is 5.40. The molecule has 4 rings (SSSR count). The van der Waals surface area contributed by atoms with Crippen LogP contribution in [0.15, 0.2) is 54.6 Å². The van der Waals surface area contributed by atoms with Crippen LogP contribution < -0.4 is 4.74 Å². The van der Waals surface area contributed by atoms with Crippen LogP contribution in [0.25, 0.3) is 10.8 Å². The standard InChI is InChI=1S/C24H25Cl2NO2/c25-20-9-7-19(23(26)16-20)17-29-24-10-8-18-4-1-2-5-21(18)22(24)6-3-11-27-12-14-28-15-13-27/h1-2,4-5,7-10,16H,3,6,11-15,17H2. The fraction of sp³-hybridized carbons (Fsp3) is 0.333. The van der Waals surface area contributed by atoms with Crippen LogP contribution in [0.5, 0.6) is 5.75 Å². The van der Waals surface area contributed by atoms with Crippen LogP contribution in [0.3, 0.4) is 0 Å². The summed E-state index contributed by atoms with van der Waals surface area (Å²) in [5.74, 6) is 0.927. The Hall–Kier alpha value is -1.78. The molecule has 0 aliphatic carbocycles. The minimum absolute atomic E-state index is 0.421. The highest BCUT2D eigenvalue weighted by molar-refractivity contribution is 6.35. The smallest absolute Gasteiger partial charge is 0.123 e. The van der Waals surface area contributed by atoms with E-state index in [9.17, 15) is 0 Å². The summed E-state index contributed by atoms with van der Waals surface area (Å²) < 4.78 is 11.7. The second-order valence-electron chi connectivity index (χ2n) is 7.35. The van der Waals surface area contributed by atoms with Gasteiger partial charge in [-0.2, -0.15) is 0 Å². The molecule has 1 aliphatic heterocycles. The molecule has 0 amide bonds. The number of ether oxygens (including phenoxy) is 2. The highest BCUT2D eigenvalue weighted by Crippen LogP contribution is 2.31. The van der Waals surface area contributed by atoms with Gasteiger partial charge in [0, 0.05) is 34.3 Å². The minimum atomic E-state index is 0.421. The number of hydrogen-bond donors (Lipinski definition) is 0. The van der Waals surface area contributed by atoms with Crippen LogP contribution in [-0.2, 0) is 17.8 Å². The lowest BCUT2D eigenvalue weighted by atomic mass is 9.99. The average molecular weight is 430 g/mol. The van der Waals surface area contributed by atoms with Gasteiger partial charge in [-0.15, -0.1) is 0 Å². The first-order chi connectivity index (χ1) is 14.2. The lowest BCUT2D eigenvalue weighted by Crippen LogP contribution is -2.36. The van der Waals surface area contributed by atoms with Crippen LogP contribution in [-0.4, -0.2) is 37.7 Å². The first kappa shape index (κ1) is 20.5. The van der Waals surface area contributed by atoms with E-state index in [2.05, 4.69) is 41.3 Å². The number of morpholine rings is 1. The number of aryl methyl sites for hydroxylation is 1. The summed E-state index contributed by atoms with van der Waals surface area (Å²) in [6, 6.07) is 18.2. The SMILES string of the molecule is Clc1ccc(COc2ccc3ccccc3c2CCCN2CCOCC2)c(Cl)c1. The molecule has 1 aliphatic rings. The van der Waals surface area contributed by atoms with Crippen molar-refractivity contribution in [2.24, 2.45) is 0 Å². The predicted molar refractivity (Wildman–Crippen MR) is 120 cm³/mol. The molecule has 0 saturated carbocycles. The van der Waals surface area contributed by atoms with Crippen molar-refractivity contribution in [1.29, 1.82) is 0 Å². The Labute approximate surface area is 182 Å². The molecule has 3 aromatic carbocycles. The van der Waals surface area contributed by atoms with Gasteiger partial charge in [-0.1, -0.05) is 59.6 Å². The number of hydrogen-bond acceptors (Lipinski definition) is 3. The Balaban J connectivity index is 1.51. The average Bonchev–Trinajstić information content (AvgIpc) is 2.74. The van der Waals surface area contributed by atoms with Gasteiger partial charge in [0.15, 0.2) is 0 Å². The summed E-state index contributed by atoms with van der Waals surface area (Å²) in [6.45, 7) is 5.22. The lowest BCUT2D eigenvalue weighted by Gasteiger charge is -2.26. The van der Waals surface area contributed by atoms with Crippen molar-refractivity contribution in [3.63, 3.8) is 0 Å². The monoisotopic (exact) mass is 429 g/mol. The van der Waals surface area contributed by atoms with E-state index >= 15 is 0 Å². The fourth-order valence-corrected chi connectivity index (χ4v) is 4.27. The van der Waals surface area contributed by atoms with Gasteiger partial charge >= 0.3 is 0 Å². The van der Waals surface area contributed by atoms with E-state index in [-0.39, 0.29) is 0 Å². The molecule has 0 bridgehead atoms. The second kappa shape index (κ2) is 9.82. The van der Waals surface area contributed by atoms with Gasteiger partial charge in [-0.05, 0) is 48.4 Å². The molecule has 0 spiro atoms. The molecule has 1 heterocycles. The molecule has 0 radical (unpaired) electrons. The second-order valence-corrected chi connectivity index (χ2v) is 8.19. The summed E-state index contributed by atoms with van der Waals surface area (Å²) in [5.41, 5.74) is 2.20. The lowest BCUT2D eigenvalue weighted by molar-refractivity contribution is 0.0374. The van der Waals surface area contributed by atoms with Gasteiger partial charge in [0.25, 0.3) is 0 Å². The number of nitrogens with zero attached hydrogens (tertiary/aromatic N) is 1. The van der Waals surface area contributed by atoms with Gasteiger partial charge < -0.3 is 9.47 Å². The molecule has 5 heteroatoms. The maximum atomic E-state index is 6.32. The molecule has 1 fully saturated rings. The van der Waals surface area contributed by atoms with E-state index in [1.54, 1.807) is 6.07 Å². The van der Waals surface area contributed by atoms with Gasteiger partial charge in [-0.25, -0.2) is 0 Å². The normalized spacial score (nSPS) is 15.0. The van der Waals surface area contributed by atoms with Gasteiger partial charge in [0.05, 0.1) is 13.2 Å². The fourth-order valence-electron chi connectivity index (χ4n) is 3.81. The van der Waals surface area contributed by atoms with Crippen LogP contribution in [0.2, 0.25) is 10.0 Å². The van der Waals surface area contributed by atoms with Crippen LogP contribution in [0.1, 0.15) is 17.5 Å². The highest BCUT2D eigenvalue weighted by Gasteiger charge is 2.13. The first-order valence-corrected chi connectivity index (χ1v) is 10.8. The van der Waals surface area contributed by atoms with E-state index in [1.165, 1.54) is 16.3 Å². The van der Waals surface area contributed by atoms with E-state index in [1.807, 2.05) is 12.1 Å². The summed E-state index contributed by atoms with van der Waals surface area (Å²) in [6.07, 6.45) is 2.06. The maximum Gasteiger partial charge on any atom is 0.123 e. The number of fused-ring (bicyclic) bond motifs is 1. The molecular formula is C24H25Cl2NO2. The largest absolute Gasteiger partial charge is 0.489 e. The van der Waals surface area contributed by atoms with E-state index in [0.29, 0.717) is 16.7 Å². The molecule has 0 unspecified atom stereocenters. The Kier molecular flexibility index (Phi) is 6.94. The molecule has 3 nitrogen and oxygen atoms in total. The summed E-state index contributed by atoms with van der Waals surface area (Å²) >= 11 is 12.3. The summed E-state index contributed by atoms with van der Waals surface area (Å²) in [4.78, 5) is 2.47. The molecule has 3 aromatic rings. The number of benzene rings is 3. The molecule has 0 atom stereocenters. The first-order valence-electron chi connectivity index (χ1n) is 10.1. The predicted octanol–water partition coefficient (Wildman–Crippen LogP) is 5.99. The van der Waals surface area contributed by atoms with Gasteiger partial charge in [0.2, 0.25) is 0 Å². The maximum absolute atomic E-state index is 6.32. The van der Waals surface area contributed by atoms with Crippen molar-refractivity contribution in [2.75, 3.05) is 32.8 Å². The summed E-state index contributed by atoms with van der Waals surface area (Å²) in [7, 11) is 0. The summed E-state index contributed by atoms with van der Waals surface area (Å²) in [5, 5.41) is 3.76. The van der Waals surface area contributed by atoms with Crippen molar-refractivity contribution >= 4 is 34.0 Å². The molecule has 0 aromatic heterocycles. The Morgan fingerprint density at radius 2 is 1.79 bits per heavy atom. The zero-order valence-corrected chi connectivity index (χ0v) is 17.9.